The molecule has 1 nitrogen and oxygen atoms in total. The van der Waals surface area contributed by atoms with Crippen molar-refractivity contribution >= 4 is 51.6 Å². The topological polar surface area (TPSA) is 9.23 Å². The number of hydrogen-bond donors (Lipinski definition) is 0. The molecule has 1 aliphatic rings. The Morgan fingerprint density at radius 1 is 1.18 bits per heavy atom. The van der Waals surface area contributed by atoms with E-state index in [1.807, 2.05) is 30.3 Å². The van der Waals surface area contributed by atoms with E-state index >= 15 is 0 Å². The second kappa shape index (κ2) is 4.31. The fourth-order valence-corrected chi connectivity index (χ4v) is 1.06. The van der Waals surface area contributed by atoms with Gasteiger partial charge < -0.3 is 4.74 Å². The summed E-state index contributed by atoms with van der Waals surface area (Å²) in [5, 5.41) is 0. The third-order valence-corrected chi connectivity index (χ3v) is 1.55. The van der Waals surface area contributed by atoms with Gasteiger partial charge in [-0.2, -0.15) is 0 Å². The van der Waals surface area contributed by atoms with Crippen LogP contribution >= 0.6 is 0 Å². The first-order valence-electron chi connectivity index (χ1n) is 3.35. The molecule has 1 aromatic carbocycles. The zero-order chi connectivity index (χ0) is 6.81. The molecular weight excluding hydrogens is 212 g/mol. The summed E-state index contributed by atoms with van der Waals surface area (Å²) in [5.41, 5.74) is 1.17. The van der Waals surface area contributed by atoms with Crippen molar-refractivity contribution in [3.05, 3.63) is 35.9 Å². The monoisotopic (exact) mass is 220 g/mol. The van der Waals surface area contributed by atoms with Crippen molar-refractivity contribution in [3.63, 3.8) is 0 Å². The van der Waals surface area contributed by atoms with Crippen molar-refractivity contribution in [3.8, 4) is 5.75 Å². The van der Waals surface area contributed by atoms with Gasteiger partial charge in [0.2, 0.25) is 0 Å². The average Bonchev–Trinajstić information content (AvgIpc) is 2.05. The van der Waals surface area contributed by atoms with Crippen LogP contribution in [0.2, 0.25) is 0 Å². The zero-order valence-electron chi connectivity index (χ0n) is 6.29. The number of ether oxygens (including phenoxy) is 1. The van der Waals surface area contributed by atoms with Crippen molar-refractivity contribution in [1.29, 1.82) is 0 Å². The number of benzene rings is 1. The Labute approximate surface area is 103 Å². The molecule has 2 radical (unpaired) electrons. The van der Waals surface area contributed by atoms with Crippen LogP contribution in [0.1, 0.15) is 5.56 Å². The molecule has 0 aliphatic carbocycles. The molecule has 0 unspecified atom stereocenters. The van der Waals surface area contributed by atoms with Gasteiger partial charge in [-0.15, -0.1) is 0 Å². The predicted octanol–water partition coefficient (Wildman–Crippen LogP) is 1.71. The van der Waals surface area contributed by atoms with E-state index in [-0.39, 0.29) is 45.5 Å². The minimum absolute atomic E-state index is 0. The van der Waals surface area contributed by atoms with Crippen LogP contribution in [-0.2, 0) is 0 Å². The normalized spacial score (nSPS) is 12.7. The van der Waals surface area contributed by atoms with Gasteiger partial charge in [0.05, 0.1) is 0 Å². The zero-order valence-corrected chi connectivity index (χ0v) is 9.76. The molecule has 0 amide bonds. The number of rotatable bonds is 0. The van der Waals surface area contributed by atoms with Gasteiger partial charge in [-0.1, -0.05) is 24.3 Å². The Balaban J connectivity index is 0.000000605. The predicted molar refractivity (Wildman–Crippen MR) is 46.7 cm³/mol. The molecular formula is C9H8OSr. The largest absolute Gasteiger partial charge is 0.489 e. The van der Waals surface area contributed by atoms with Gasteiger partial charge in [-0.05, 0) is 12.1 Å². The fraction of sp³-hybridized carbons (Fsp3) is 0.111. The molecule has 1 heterocycles. The second-order valence-corrected chi connectivity index (χ2v) is 2.25. The van der Waals surface area contributed by atoms with Gasteiger partial charge in [0, 0.05) is 51.0 Å². The van der Waals surface area contributed by atoms with Crippen LogP contribution in [0.4, 0.5) is 0 Å². The van der Waals surface area contributed by atoms with Crippen molar-refractivity contribution in [2.45, 2.75) is 0 Å². The molecule has 0 atom stereocenters. The molecule has 0 N–H and O–H groups in total. The fourth-order valence-electron chi connectivity index (χ4n) is 1.06. The molecule has 2 heteroatoms. The Morgan fingerprint density at radius 2 is 2.00 bits per heavy atom. The van der Waals surface area contributed by atoms with Crippen LogP contribution in [0.25, 0.3) is 6.08 Å². The van der Waals surface area contributed by atoms with Crippen molar-refractivity contribution < 1.29 is 4.74 Å². The molecule has 0 aromatic heterocycles. The Bertz CT molecular complexity index is 268. The average molecular weight is 220 g/mol. The second-order valence-electron chi connectivity index (χ2n) is 2.25. The van der Waals surface area contributed by atoms with E-state index in [0.29, 0.717) is 6.61 Å². The molecule has 0 saturated heterocycles. The van der Waals surface area contributed by atoms with E-state index in [2.05, 4.69) is 6.08 Å². The van der Waals surface area contributed by atoms with Gasteiger partial charge in [0.25, 0.3) is 0 Å². The molecule has 0 spiro atoms. The van der Waals surface area contributed by atoms with E-state index in [4.69, 9.17) is 4.74 Å². The van der Waals surface area contributed by atoms with Crippen molar-refractivity contribution in [2.24, 2.45) is 0 Å². The summed E-state index contributed by atoms with van der Waals surface area (Å²) in [6.07, 6.45) is 4.10. The number of fused-ring (bicyclic) bond motifs is 1. The molecule has 52 valence electrons. The summed E-state index contributed by atoms with van der Waals surface area (Å²) >= 11 is 0. The Morgan fingerprint density at radius 3 is 2.82 bits per heavy atom. The van der Waals surface area contributed by atoms with Gasteiger partial charge in [0.1, 0.15) is 12.4 Å². The standard InChI is InChI=1S/C9H8O.Sr/c1-2-6-9-8(4-1)5-3-7-10-9;/h1-6H,7H2;. The maximum atomic E-state index is 5.34. The molecule has 11 heavy (non-hydrogen) atoms. The van der Waals surface area contributed by atoms with Crippen LogP contribution in [0.5, 0.6) is 5.75 Å². The smallest absolute Gasteiger partial charge is 0.126 e. The van der Waals surface area contributed by atoms with Crippen molar-refractivity contribution in [2.75, 3.05) is 6.61 Å². The van der Waals surface area contributed by atoms with E-state index < -0.39 is 0 Å². The van der Waals surface area contributed by atoms with E-state index in [1.165, 1.54) is 5.56 Å². The van der Waals surface area contributed by atoms with Crippen LogP contribution in [0, 0.1) is 0 Å². The molecule has 0 bridgehead atoms. The maximum absolute atomic E-state index is 5.34. The molecule has 2 rings (SSSR count). The molecule has 1 aromatic rings. The number of para-hydroxylation sites is 1. The third-order valence-electron chi connectivity index (χ3n) is 1.55. The first kappa shape index (κ1) is 9.33. The van der Waals surface area contributed by atoms with E-state index in [1.54, 1.807) is 0 Å². The van der Waals surface area contributed by atoms with Crippen LogP contribution in [-0.4, -0.2) is 52.1 Å². The summed E-state index contributed by atoms with van der Waals surface area (Å²) in [6.45, 7) is 0.705. The minimum Gasteiger partial charge on any atom is -0.489 e. The summed E-state index contributed by atoms with van der Waals surface area (Å²) in [6, 6.07) is 8.03. The Hall–Kier alpha value is 0.241. The summed E-state index contributed by atoms with van der Waals surface area (Å²) in [5.74, 6) is 0.991. The van der Waals surface area contributed by atoms with Crippen LogP contribution in [0.15, 0.2) is 30.3 Å². The van der Waals surface area contributed by atoms with Crippen molar-refractivity contribution in [1.82, 2.24) is 0 Å². The van der Waals surface area contributed by atoms with E-state index in [9.17, 15) is 0 Å². The molecule has 0 fully saturated rings. The molecule has 0 saturated carbocycles. The number of hydrogen-bond acceptors (Lipinski definition) is 1. The maximum Gasteiger partial charge on any atom is 0.126 e. The summed E-state index contributed by atoms with van der Waals surface area (Å²) in [7, 11) is 0. The SMILES string of the molecule is C1=Cc2ccccc2OC1.[Sr]. The van der Waals surface area contributed by atoms with Gasteiger partial charge in [0.15, 0.2) is 0 Å². The van der Waals surface area contributed by atoms with E-state index in [0.717, 1.165) is 5.75 Å². The quantitative estimate of drug-likeness (QED) is 0.604. The van der Waals surface area contributed by atoms with Gasteiger partial charge in [-0.25, -0.2) is 0 Å². The van der Waals surface area contributed by atoms with Gasteiger partial charge in [-0.3, -0.25) is 0 Å². The summed E-state index contributed by atoms with van der Waals surface area (Å²) in [4.78, 5) is 0. The van der Waals surface area contributed by atoms with Crippen LogP contribution < -0.4 is 4.74 Å². The molecule has 1 aliphatic heterocycles. The first-order chi connectivity index (χ1) is 4.97. The van der Waals surface area contributed by atoms with Gasteiger partial charge >= 0.3 is 0 Å². The Kier molecular flexibility index (Phi) is 3.66. The minimum atomic E-state index is 0. The third kappa shape index (κ3) is 2.09. The summed E-state index contributed by atoms with van der Waals surface area (Å²) < 4.78 is 5.34. The first-order valence-corrected chi connectivity index (χ1v) is 3.35. The van der Waals surface area contributed by atoms with Crippen LogP contribution in [0.3, 0.4) is 0 Å².